The van der Waals surface area contributed by atoms with Crippen molar-refractivity contribution in [3.05, 3.63) is 118 Å². The number of likely N-dealkylation sites (tertiary alicyclic amines) is 1. The predicted molar refractivity (Wildman–Crippen MR) is 274 cm³/mol. The number of aromatic nitrogens is 2. The first-order valence-electron chi connectivity index (χ1n) is 23.9. The Hall–Kier alpha value is -7.02. The molecule has 2 N–H and O–H groups in total. The van der Waals surface area contributed by atoms with Crippen LogP contribution in [0.2, 0.25) is 0 Å². The number of nitriles is 1. The molecule has 4 amide bonds. The van der Waals surface area contributed by atoms with Gasteiger partial charge in [-0.25, -0.2) is 14.4 Å². The van der Waals surface area contributed by atoms with Crippen LogP contribution in [0.25, 0.3) is 10.4 Å². The van der Waals surface area contributed by atoms with Crippen molar-refractivity contribution in [1.29, 1.82) is 5.26 Å². The van der Waals surface area contributed by atoms with E-state index in [0.29, 0.717) is 80.5 Å². The maximum atomic E-state index is 15.4. The smallest absolute Gasteiger partial charge is 0.420 e. The van der Waals surface area contributed by atoms with Crippen LogP contribution in [0.4, 0.5) is 28.9 Å². The Morgan fingerprint density at radius 2 is 1.66 bits per heavy atom. The summed E-state index contributed by atoms with van der Waals surface area (Å²) >= 11 is 7.07. The normalized spacial score (nSPS) is 16.0. The van der Waals surface area contributed by atoms with E-state index in [1.807, 2.05) is 57.5 Å². The number of rotatable bonds is 19. The Morgan fingerprint density at radius 1 is 0.946 bits per heavy atom. The quantitative estimate of drug-likeness (QED) is 0.0456. The van der Waals surface area contributed by atoms with Gasteiger partial charge < -0.3 is 34.6 Å². The van der Waals surface area contributed by atoms with Gasteiger partial charge in [0.05, 0.1) is 58.5 Å². The molecular formula is C53H56F4N8O7S2. The molecule has 2 fully saturated rings. The van der Waals surface area contributed by atoms with Crippen LogP contribution in [-0.4, -0.2) is 94.2 Å². The average Bonchev–Trinajstić information content (AvgIpc) is 4.08. The van der Waals surface area contributed by atoms with Crippen LogP contribution in [0, 0.1) is 29.5 Å². The number of anilines is 2. The SMILES string of the molecule is Cc1ncsc1-c1ccc(CNC(=O)C2CCCN2C(=O)C(NC(=O)c2ccc(OCCOCCCCOc3ccc(N4C(=S)N(c5ccc(C#N)c(C(F)(F)F)c5F)C(=O)C4(C)C)cn3)cc2)C(C)(C)C)cc1. The van der Waals surface area contributed by atoms with Gasteiger partial charge in [-0.1, -0.05) is 45.0 Å². The van der Waals surface area contributed by atoms with Crippen LogP contribution in [0.5, 0.6) is 11.6 Å². The third kappa shape index (κ3) is 12.3. The van der Waals surface area contributed by atoms with Crippen molar-refractivity contribution >= 4 is 63.7 Å². The lowest BCUT2D eigenvalue weighted by Gasteiger charge is -2.35. The van der Waals surface area contributed by atoms with E-state index in [1.54, 1.807) is 52.6 Å². The first kappa shape index (κ1) is 54.7. The molecule has 2 saturated heterocycles. The zero-order chi connectivity index (χ0) is 53.5. The number of alkyl halides is 3. The molecule has 2 aromatic heterocycles. The van der Waals surface area contributed by atoms with Crippen molar-refractivity contribution in [2.24, 2.45) is 5.41 Å². The lowest BCUT2D eigenvalue weighted by molar-refractivity contribution is -0.142. The number of hydrogen-bond acceptors (Lipinski definition) is 12. The number of nitrogens with zero attached hydrogens (tertiary/aromatic N) is 6. The van der Waals surface area contributed by atoms with Gasteiger partial charge >= 0.3 is 6.18 Å². The highest BCUT2D eigenvalue weighted by atomic mass is 32.1. The van der Waals surface area contributed by atoms with Gasteiger partial charge in [0.2, 0.25) is 17.7 Å². The van der Waals surface area contributed by atoms with E-state index < -0.39 is 63.7 Å². The fraction of sp³-hybridized carbons (Fsp3) is 0.396. The zero-order valence-electron chi connectivity index (χ0n) is 41.7. The number of pyridine rings is 1. The molecule has 74 heavy (non-hydrogen) atoms. The summed E-state index contributed by atoms with van der Waals surface area (Å²) in [5.41, 5.74) is -0.0860. The molecule has 0 aliphatic carbocycles. The molecule has 21 heteroatoms. The standard InChI is InChI=1S/C53H56F4N8O7S2/c1-32-44(74-31-61-32)34-13-11-33(12-14-34)29-60-47(67)40-10-9-23-63(40)48(68)45(51(2,3)4)62-46(66)35-15-19-38(20-16-35)71-27-26-70-24-7-8-25-72-41-22-18-37(30-59-41)65-50(73)64(49(69)52(65,5)6)39-21-17-36(28-58)42(43(39)54)53(55,56)57/h11-22,30-31,40,45H,7-10,23-27,29H2,1-6H3,(H,60,67)(H,62,66). The number of carbonyl (C=O) groups excluding carboxylic acids is 4. The Labute approximate surface area is 435 Å². The molecule has 390 valence electrons. The second kappa shape index (κ2) is 23.0. The molecule has 2 unspecified atom stereocenters. The minimum Gasteiger partial charge on any atom is -0.491 e. The number of carbonyl (C=O) groups is 4. The first-order chi connectivity index (χ1) is 35.1. The number of nitrogens with one attached hydrogen (secondary N) is 2. The van der Waals surface area contributed by atoms with Crippen LogP contribution in [0.3, 0.4) is 0 Å². The number of thiazole rings is 1. The number of halogens is 4. The Bertz CT molecular complexity index is 2900. The topological polar surface area (TPSA) is 179 Å². The summed E-state index contributed by atoms with van der Waals surface area (Å²) in [7, 11) is 0. The number of amides is 4. The third-order valence-electron chi connectivity index (χ3n) is 12.6. The van der Waals surface area contributed by atoms with Crippen molar-refractivity contribution in [3.63, 3.8) is 0 Å². The van der Waals surface area contributed by atoms with E-state index in [-0.39, 0.29) is 29.4 Å². The van der Waals surface area contributed by atoms with Crippen molar-refractivity contribution < 1.29 is 51.0 Å². The van der Waals surface area contributed by atoms with Crippen LogP contribution < -0.4 is 29.9 Å². The number of benzene rings is 3. The van der Waals surface area contributed by atoms with E-state index >= 15 is 4.39 Å². The molecule has 0 spiro atoms. The molecule has 0 radical (unpaired) electrons. The van der Waals surface area contributed by atoms with Gasteiger partial charge in [0.25, 0.3) is 11.8 Å². The van der Waals surface area contributed by atoms with Gasteiger partial charge in [0.1, 0.15) is 35.5 Å². The highest BCUT2D eigenvalue weighted by Gasteiger charge is 2.52. The number of ether oxygens (including phenoxy) is 3. The minimum absolute atomic E-state index is 0.236. The average molecular weight is 1060 g/mol. The highest BCUT2D eigenvalue weighted by molar-refractivity contribution is 7.81. The van der Waals surface area contributed by atoms with Crippen molar-refractivity contribution in [2.75, 3.05) is 42.8 Å². The van der Waals surface area contributed by atoms with E-state index in [0.717, 1.165) is 33.8 Å². The number of thiocarbonyl (C=S) groups is 1. The van der Waals surface area contributed by atoms with Crippen molar-refractivity contribution in [3.8, 4) is 28.1 Å². The molecule has 2 aliphatic heterocycles. The van der Waals surface area contributed by atoms with Crippen LogP contribution in [0.15, 0.2) is 84.5 Å². The lowest BCUT2D eigenvalue weighted by atomic mass is 9.85. The first-order valence-corrected chi connectivity index (χ1v) is 25.2. The molecule has 0 saturated carbocycles. The number of unbranched alkanes of at least 4 members (excludes halogenated alkanes) is 1. The highest BCUT2D eigenvalue weighted by Crippen LogP contribution is 2.42. The fourth-order valence-corrected chi connectivity index (χ4v) is 9.96. The summed E-state index contributed by atoms with van der Waals surface area (Å²) in [5, 5.41) is 14.8. The molecule has 2 atom stereocenters. The molecule has 4 heterocycles. The summed E-state index contributed by atoms with van der Waals surface area (Å²) in [6.07, 6.45) is -1.34. The fourth-order valence-electron chi connectivity index (χ4n) is 8.64. The Balaban J connectivity index is 0.808. The summed E-state index contributed by atoms with van der Waals surface area (Å²) in [4.78, 5) is 67.9. The van der Waals surface area contributed by atoms with Gasteiger partial charge in [-0.05, 0) is 118 Å². The monoisotopic (exact) mass is 1060 g/mol. The maximum Gasteiger partial charge on any atom is 0.420 e. The van der Waals surface area contributed by atoms with Gasteiger partial charge in [-0.15, -0.1) is 11.3 Å². The number of hydrogen-bond donors (Lipinski definition) is 2. The lowest BCUT2D eigenvalue weighted by Crippen LogP contribution is -2.57. The van der Waals surface area contributed by atoms with Crippen molar-refractivity contribution in [2.45, 2.75) is 97.6 Å². The molecule has 5 aromatic rings. The van der Waals surface area contributed by atoms with Crippen molar-refractivity contribution in [1.82, 2.24) is 25.5 Å². The summed E-state index contributed by atoms with van der Waals surface area (Å²) in [5.74, 6) is -2.75. The minimum atomic E-state index is -5.19. The molecule has 7 rings (SSSR count). The molecule has 0 bridgehead atoms. The second-order valence-corrected chi connectivity index (χ2v) is 20.5. The number of aryl methyl sites for hydroxylation is 1. The van der Waals surface area contributed by atoms with Gasteiger partial charge in [-0.2, -0.15) is 18.4 Å². The molecule has 15 nitrogen and oxygen atoms in total. The summed E-state index contributed by atoms with van der Waals surface area (Å²) in [6, 6.07) is 19.2. The molecule has 2 aliphatic rings. The second-order valence-electron chi connectivity index (χ2n) is 19.3. The summed E-state index contributed by atoms with van der Waals surface area (Å²) < 4.78 is 73.9. The predicted octanol–water partition coefficient (Wildman–Crippen LogP) is 9.17. The van der Waals surface area contributed by atoms with Crippen LogP contribution in [-0.2, 0) is 31.8 Å². The largest absolute Gasteiger partial charge is 0.491 e. The van der Waals surface area contributed by atoms with E-state index in [2.05, 4.69) is 20.6 Å². The van der Waals surface area contributed by atoms with Gasteiger partial charge in [0, 0.05) is 31.3 Å². The van der Waals surface area contributed by atoms with E-state index in [4.69, 9.17) is 31.7 Å². The third-order valence-corrected chi connectivity index (χ3v) is 14.0. The summed E-state index contributed by atoms with van der Waals surface area (Å²) in [6.45, 7) is 12.6. The Kier molecular flexibility index (Phi) is 17.0. The molecular weight excluding hydrogens is 1000 g/mol. The van der Waals surface area contributed by atoms with E-state index in [9.17, 15) is 32.3 Å². The Morgan fingerprint density at radius 3 is 2.30 bits per heavy atom. The molecule has 3 aromatic carbocycles. The van der Waals surface area contributed by atoms with Crippen LogP contribution in [0.1, 0.15) is 93.0 Å². The van der Waals surface area contributed by atoms with E-state index in [1.165, 1.54) is 31.0 Å². The van der Waals surface area contributed by atoms with Gasteiger partial charge in [0.15, 0.2) is 10.9 Å². The zero-order valence-corrected chi connectivity index (χ0v) is 43.3. The maximum absolute atomic E-state index is 15.4. The van der Waals surface area contributed by atoms with Crippen LogP contribution >= 0.6 is 23.6 Å². The van der Waals surface area contributed by atoms with Gasteiger partial charge in [-0.3, -0.25) is 24.1 Å².